The molecule has 0 aliphatic heterocycles. The third-order valence-corrected chi connectivity index (χ3v) is 2.28. The molecule has 1 nitrogen and oxygen atoms in total. The van der Waals surface area contributed by atoms with Gasteiger partial charge in [0.05, 0.1) is 5.02 Å². The molecule has 0 unspecified atom stereocenters. The molecule has 2 rings (SSSR count). The molecule has 1 N–H and O–H groups in total. The minimum absolute atomic E-state index is 0.828. The number of hydrogen-bond acceptors (Lipinski definition) is 0. The molecule has 0 bridgehead atoms. The number of fused-ring (bicyclic) bond motifs is 1. The molecule has 2 aromatic rings. The predicted octanol–water partition coefficient (Wildman–Crippen LogP) is 3.44. The van der Waals surface area contributed by atoms with Crippen LogP contribution in [0.15, 0.2) is 18.2 Å². The van der Waals surface area contributed by atoms with Gasteiger partial charge in [-0.1, -0.05) is 11.6 Å². The average molecular weight is 180 g/mol. The maximum absolute atomic E-state index is 6.06. The second-order valence-electron chi connectivity index (χ2n) is 3.16. The van der Waals surface area contributed by atoms with Gasteiger partial charge < -0.3 is 4.98 Å². The summed E-state index contributed by atoms with van der Waals surface area (Å²) >= 11 is 6.06. The smallest absolute Gasteiger partial charge is 0.0502 e. The molecule has 12 heavy (non-hydrogen) atoms. The average Bonchev–Trinajstić information content (AvgIpc) is 2.29. The number of hydrogen-bond donors (Lipinski definition) is 1. The van der Waals surface area contributed by atoms with Crippen molar-refractivity contribution in [1.82, 2.24) is 4.98 Å². The lowest BCUT2D eigenvalue weighted by molar-refractivity contribution is 1.30. The van der Waals surface area contributed by atoms with Crippen molar-refractivity contribution < 1.29 is 0 Å². The number of H-pyrrole nitrogens is 1. The third kappa shape index (κ3) is 1.10. The molecule has 0 saturated carbocycles. The summed E-state index contributed by atoms with van der Waals surface area (Å²) in [6.07, 6.45) is 0. The van der Waals surface area contributed by atoms with Gasteiger partial charge in [0.1, 0.15) is 0 Å². The van der Waals surface area contributed by atoms with Gasteiger partial charge in [0.2, 0.25) is 0 Å². The molecular formula is C10H10ClN. The molecule has 0 amide bonds. The fourth-order valence-corrected chi connectivity index (χ4v) is 1.80. The van der Waals surface area contributed by atoms with E-state index < -0.39 is 0 Å². The van der Waals surface area contributed by atoms with Crippen LogP contribution in [0, 0.1) is 13.8 Å². The van der Waals surface area contributed by atoms with E-state index in [9.17, 15) is 0 Å². The van der Waals surface area contributed by atoms with E-state index in [0.717, 1.165) is 21.6 Å². The molecule has 1 aromatic carbocycles. The van der Waals surface area contributed by atoms with Gasteiger partial charge >= 0.3 is 0 Å². The van der Waals surface area contributed by atoms with Crippen LogP contribution in [0.3, 0.4) is 0 Å². The molecule has 0 aliphatic rings. The van der Waals surface area contributed by atoms with Crippen molar-refractivity contribution in [2.45, 2.75) is 13.8 Å². The van der Waals surface area contributed by atoms with Gasteiger partial charge in [-0.05, 0) is 37.6 Å². The number of rotatable bonds is 0. The van der Waals surface area contributed by atoms with Crippen molar-refractivity contribution in [3.05, 3.63) is 34.5 Å². The van der Waals surface area contributed by atoms with Crippen LogP contribution in [0.1, 0.15) is 11.3 Å². The molecular weight excluding hydrogens is 170 g/mol. The van der Waals surface area contributed by atoms with Gasteiger partial charge in [-0.2, -0.15) is 0 Å². The van der Waals surface area contributed by atoms with Crippen LogP contribution in [0.2, 0.25) is 5.02 Å². The topological polar surface area (TPSA) is 15.8 Å². The van der Waals surface area contributed by atoms with Crippen molar-refractivity contribution in [2.75, 3.05) is 0 Å². The van der Waals surface area contributed by atoms with Gasteiger partial charge in [-0.15, -0.1) is 0 Å². The lowest BCUT2D eigenvalue weighted by Gasteiger charge is -1.95. The molecule has 1 aromatic heterocycles. The van der Waals surface area contributed by atoms with Crippen LogP contribution in [0.25, 0.3) is 10.9 Å². The number of aromatic amines is 1. The van der Waals surface area contributed by atoms with Crippen molar-refractivity contribution in [3.63, 3.8) is 0 Å². The molecule has 0 radical (unpaired) electrons. The molecule has 2 heteroatoms. The molecule has 1 heterocycles. The van der Waals surface area contributed by atoms with Gasteiger partial charge in [-0.25, -0.2) is 0 Å². The Bertz CT molecular complexity index is 429. The van der Waals surface area contributed by atoms with E-state index in [4.69, 9.17) is 11.6 Å². The molecule has 0 fully saturated rings. The number of benzene rings is 1. The quantitative estimate of drug-likeness (QED) is 0.638. The van der Waals surface area contributed by atoms with Gasteiger partial charge in [0, 0.05) is 16.6 Å². The second-order valence-corrected chi connectivity index (χ2v) is 3.57. The van der Waals surface area contributed by atoms with Crippen LogP contribution < -0.4 is 0 Å². The highest BCUT2D eigenvalue weighted by molar-refractivity contribution is 6.35. The molecule has 0 spiro atoms. The Morgan fingerprint density at radius 3 is 2.67 bits per heavy atom. The summed E-state index contributed by atoms with van der Waals surface area (Å²) in [5, 5.41) is 1.94. The Kier molecular flexibility index (Phi) is 1.62. The third-order valence-electron chi connectivity index (χ3n) is 1.97. The zero-order valence-electron chi connectivity index (χ0n) is 7.11. The number of aromatic nitrogens is 1. The predicted molar refractivity (Wildman–Crippen MR) is 52.8 cm³/mol. The number of halogens is 1. The lowest BCUT2D eigenvalue weighted by atomic mass is 10.2. The van der Waals surface area contributed by atoms with Crippen molar-refractivity contribution >= 4 is 22.5 Å². The Hall–Kier alpha value is -0.950. The standard InChI is InChI=1S/C10H10ClN/c1-6-3-9(11)8-5-7(2)12-10(8)4-6/h3-5,12H,1-2H3. The number of nitrogens with one attached hydrogen (secondary N) is 1. The van der Waals surface area contributed by atoms with E-state index in [2.05, 4.69) is 17.1 Å². The first-order chi connectivity index (χ1) is 5.66. The SMILES string of the molecule is Cc1cc(Cl)c2cc(C)[nH]c2c1. The van der Waals surface area contributed by atoms with Crippen LogP contribution in [-0.4, -0.2) is 4.98 Å². The van der Waals surface area contributed by atoms with E-state index in [1.165, 1.54) is 5.56 Å². The van der Waals surface area contributed by atoms with Crippen LogP contribution in [0.4, 0.5) is 0 Å². The highest BCUT2D eigenvalue weighted by atomic mass is 35.5. The summed E-state index contributed by atoms with van der Waals surface area (Å²) in [4.78, 5) is 3.26. The molecule has 0 aliphatic carbocycles. The lowest BCUT2D eigenvalue weighted by Crippen LogP contribution is -1.74. The highest BCUT2D eigenvalue weighted by Gasteiger charge is 2.02. The monoisotopic (exact) mass is 179 g/mol. The summed E-state index contributed by atoms with van der Waals surface area (Å²) in [5.41, 5.74) is 3.46. The van der Waals surface area contributed by atoms with Crippen molar-refractivity contribution in [3.8, 4) is 0 Å². The first-order valence-electron chi connectivity index (χ1n) is 3.92. The van der Waals surface area contributed by atoms with Crippen LogP contribution >= 0.6 is 11.6 Å². The van der Waals surface area contributed by atoms with Crippen LogP contribution in [0.5, 0.6) is 0 Å². The van der Waals surface area contributed by atoms with Gasteiger partial charge in [-0.3, -0.25) is 0 Å². The Balaban J connectivity index is 2.88. The maximum atomic E-state index is 6.06. The van der Waals surface area contributed by atoms with Gasteiger partial charge in [0.15, 0.2) is 0 Å². The minimum atomic E-state index is 0.828. The summed E-state index contributed by atoms with van der Waals surface area (Å²) in [6.45, 7) is 4.08. The summed E-state index contributed by atoms with van der Waals surface area (Å²) < 4.78 is 0. The molecule has 0 atom stereocenters. The Labute approximate surface area is 76.4 Å². The van der Waals surface area contributed by atoms with Gasteiger partial charge in [0.25, 0.3) is 0 Å². The van der Waals surface area contributed by atoms with E-state index in [-0.39, 0.29) is 0 Å². The van der Waals surface area contributed by atoms with E-state index in [0.29, 0.717) is 0 Å². The first kappa shape index (κ1) is 7.69. The maximum Gasteiger partial charge on any atom is 0.0502 e. The molecule has 62 valence electrons. The van der Waals surface area contributed by atoms with Crippen LogP contribution in [-0.2, 0) is 0 Å². The fraction of sp³-hybridized carbons (Fsp3) is 0.200. The zero-order chi connectivity index (χ0) is 8.72. The zero-order valence-corrected chi connectivity index (χ0v) is 7.87. The Morgan fingerprint density at radius 1 is 1.17 bits per heavy atom. The largest absolute Gasteiger partial charge is 0.359 e. The first-order valence-corrected chi connectivity index (χ1v) is 4.30. The Morgan fingerprint density at radius 2 is 1.92 bits per heavy atom. The minimum Gasteiger partial charge on any atom is -0.359 e. The highest BCUT2D eigenvalue weighted by Crippen LogP contribution is 2.25. The summed E-state index contributed by atoms with van der Waals surface area (Å²) in [7, 11) is 0. The summed E-state index contributed by atoms with van der Waals surface area (Å²) in [5.74, 6) is 0. The summed E-state index contributed by atoms with van der Waals surface area (Å²) in [6, 6.07) is 6.16. The molecule has 0 saturated heterocycles. The van der Waals surface area contributed by atoms with E-state index >= 15 is 0 Å². The van der Waals surface area contributed by atoms with E-state index in [1.54, 1.807) is 0 Å². The number of aryl methyl sites for hydroxylation is 2. The fourth-order valence-electron chi connectivity index (χ4n) is 1.47. The van der Waals surface area contributed by atoms with E-state index in [1.807, 2.05) is 19.9 Å². The van der Waals surface area contributed by atoms with Crippen molar-refractivity contribution in [2.24, 2.45) is 0 Å². The normalized spacial score (nSPS) is 10.9. The second kappa shape index (κ2) is 2.53. The van der Waals surface area contributed by atoms with Crippen molar-refractivity contribution in [1.29, 1.82) is 0 Å².